The molecule has 1 atom stereocenters. The van der Waals surface area contributed by atoms with Crippen LogP contribution in [0.2, 0.25) is 0 Å². The predicted octanol–water partition coefficient (Wildman–Crippen LogP) is 2.12. The summed E-state index contributed by atoms with van der Waals surface area (Å²) < 4.78 is 5.87. The lowest BCUT2D eigenvalue weighted by Gasteiger charge is -2.33. The highest BCUT2D eigenvalue weighted by molar-refractivity contribution is 5.27. The van der Waals surface area contributed by atoms with Gasteiger partial charge in [-0.05, 0) is 49.9 Å². The Morgan fingerprint density at radius 2 is 2.22 bits per heavy atom. The first kappa shape index (κ1) is 13.4. The van der Waals surface area contributed by atoms with E-state index in [1.807, 2.05) is 18.2 Å². The van der Waals surface area contributed by atoms with Crippen molar-refractivity contribution in [3.8, 4) is 5.75 Å². The Balaban J connectivity index is 2.01. The molecule has 18 heavy (non-hydrogen) atoms. The first-order valence-corrected chi connectivity index (χ1v) is 6.75. The summed E-state index contributed by atoms with van der Waals surface area (Å²) in [7, 11) is 0. The Morgan fingerprint density at radius 3 is 2.78 bits per heavy atom. The van der Waals surface area contributed by atoms with E-state index in [0.29, 0.717) is 12.5 Å². The van der Waals surface area contributed by atoms with Gasteiger partial charge in [0.15, 0.2) is 0 Å². The molecule has 0 aromatic heterocycles. The van der Waals surface area contributed by atoms with E-state index in [4.69, 9.17) is 4.74 Å². The van der Waals surface area contributed by atoms with E-state index in [9.17, 15) is 5.11 Å². The summed E-state index contributed by atoms with van der Waals surface area (Å²) in [4.78, 5) is 0. The lowest BCUT2D eigenvalue weighted by atomic mass is 9.95. The highest BCUT2D eigenvalue weighted by Gasteiger charge is 2.45. The van der Waals surface area contributed by atoms with Crippen LogP contribution in [0.1, 0.15) is 25.3 Å². The van der Waals surface area contributed by atoms with Crippen LogP contribution in [0, 0.1) is 12.8 Å². The second-order valence-electron chi connectivity index (χ2n) is 5.22. The Bertz CT molecular complexity index is 390. The van der Waals surface area contributed by atoms with Gasteiger partial charge in [0.1, 0.15) is 12.4 Å². The molecule has 0 bridgehead atoms. The molecule has 1 aliphatic carbocycles. The van der Waals surface area contributed by atoms with Crippen molar-refractivity contribution in [1.82, 2.24) is 5.32 Å². The van der Waals surface area contributed by atoms with Gasteiger partial charge in [0.05, 0.1) is 12.1 Å². The lowest BCUT2D eigenvalue weighted by Crippen LogP contribution is -2.55. The van der Waals surface area contributed by atoms with E-state index in [1.54, 1.807) is 0 Å². The van der Waals surface area contributed by atoms with Gasteiger partial charge in [0, 0.05) is 0 Å². The maximum atomic E-state index is 9.71. The van der Waals surface area contributed by atoms with E-state index >= 15 is 0 Å². The van der Waals surface area contributed by atoms with Gasteiger partial charge in [-0.1, -0.05) is 19.1 Å². The van der Waals surface area contributed by atoms with Crippen LogP contribution in [0.25, 0.3) is 0 Å². The zero-order valence-corrected chi connectivity index (χ0v) is 11.3. The fourth-order valence-corrected chi connectivity index (χ4v) is 2.45. The summed E-state index contributed by atoms with van der Waals surface area (Å²) in [5.74, 6) is 1.43. The van der Waals surface area contributed by atoms with Crippen LogP contribution in [0.5, 0.6) is 5.75 Å². The lowest BCUT2D eigenvalue weighted by molar-refractivity contribution is 0.0864. The normalized spacial score (nSPS) is 18.4. The third kappa shape index (κ3) is 3.03. The number of benzene rings is 1. The number of ether oxygens (including phenoxy) is 1. The van der Waals surface area contributed by atoms with Crippen molar-refractivity contribution in [3.63, 3.8) is 0 Å². The van der Waals surface area contributed by atoms with Gasteiger partial charge < -0.3 is 15.2 Å². The second kappa shape index (κ2) is 5.72. The highest BCUT2D eigenvalue weighted by atomic mass is 16.5. The smallest absolute Gasteiger partial charge is 0.119 e. The fourth-order valence-electron chi connectivity index (χ4n) is 2.45. The van der Waals surface area contributed by atoms with E-state index in [-0.39, 0.29) is 12.1 Å². The molecule has 2 rings (SSSR count). The van der Waals surface area contributed by atoms with Crippen LogP contribution in [0.3, 0.4) is 0 Å². The number of aliphatic hydroxyl groups is 1. The molecule has 0 aliphatic heterocycles. The van der Waals surface area contributed by atoms with Crippen molar-refractivity contribution in [1.29, 1.82) is 0 Å². The minimum absolute atomic E-state index is 0.136. The molecular formula is C15H23NO2. The molecule has 0 heterocycles. The van der Waals surface area contributed by atoms with Crippen molar-refractivity contribution in [2.75, 3.05) is 19.8 Å². The van der Waals surface area contributed by atoms with Gasteiger partial charge in [0.25, 0.3) is 0 Å². The van der Waals surface area contributed by atoms with Gasteiger partial charge in [-0.15, -0.1) is 0 Å². The Morgan fingerprint density at radius 1 is 1.44 bits per heavy atom. The molecule has 1 aliphatic rings. The molecular weight excluding hydrogens is 226 g/mol. The average molecular weight is 249 g/mol. The molecule has 0 saturated heterocycles. The number of nitrogens with one attached hydrogen (secondary N) is 1. The zero-order chi connectivity index (χ0) is 13.0. The quantitative estimate of drug-likeness (QED) is 0.778. The number of likely N-dealkylation sites (N-methyl/N-ethyl adjacent to an activating group) is 1. The topological polar surface area (TPSA) is 41.5 Å². The largest absolute Gasteiger partial charge is 0.492 e. The molecule has 2 N–H and O–H groups in total. The van der Waals surface area contributed by atoms with Crippen molar-refractivity contribution >= 4 is 0 Å². The number of aliphatic hydroxyl groups excluding tert-OH is 1. The number of rotatable bonds is 7. The summed E-state index contributed by atoms with van der Waals surface area (Å²) in [5.41, 5.74) is 0.926. The Labute approximate surface area is 109 Å². The molecule has 0 amide bonds. The van der Waals surface area contributed by atoms with Crippen LogP contribution in [-0.4, -0.2) is 30.4 Å². The van der Waals surface area contributed by atoms with Crippen molar-refractivity contribution in [2.24, 2.45) is 5.92 Å². The minimum atomic E-state index is -0.265. The standard InChI is InChI=1S/C15H23NO2/c1-3-16-15(10-17,13-7-8-13)11-18-14-6-4-5-12(2)9-14/h4-6,9,13,16-17H,3,7-8,10-11H2,1-2H3. The summed E-state index contributed by atoms with van der Waals surface area (Å²) >= 11 is 0. The van der Waals surface area contributed by atoms with Crippen LogP contribution >= 0.6 is 0 Å². The molecule has 3 nitrogen and oxygen atoms in total. The molecule has 100 valence electrons. The Kier molecular flexibility index (Phi) is 4.25. The first-order chi connectivity index (χ1) is 8.70. The Hall–Kier alpha value is -1.06. The van der Waals surface area contributed by atoms with Gasteiger partial charge >= 0.3 is 0 Å². The second-order valence-corrected chi connectivity index (χ2v) is 5.22. The van der Waals surface area contributed by atoms with Gasteiger partial charge in [0.2, 0.25) is 0 Å². The van der Waals surface area contributed by atoms with E-state index in [2.05, 4.69) is 25.2 Å². The summed E-state index contributed by atoms with van der Waals surface area (Å²) in [6, 6.07) is 8.04. The molecule has 1 unspecified atom stereocenters. The summed E-state index contributed by atoms with van der Waals surface area (Å²) in [6.45, 7) is 5.65. The zero-order valence-electron chi connectivity index (χ0n) is 11.3. The fraction of sp³-hybridized carbons (Fsp3) is 0.600. The van der Waals surface area contributed by atoms with Gasteiger partial charge in [-0.2, -0.15) is 0 Å². The van der Waals surface area contributed by atoms with E-state index in [1.165, 1.54) is 18.4 Å². The predicted molar refractivity (Wildman–Crippen MR) is 72.9 cm³/mol. The van der Waals surface area contributed by atoms with Crippen LogP contribution < -0.4 is 10.1 Å². The highest BCUT2D eigenvalue weighted by Crippen LogP contribution is 2.39. The van der Waals surface area contributed by atoms with E-state index < -0.39 is 0 Å². The van der Waals surface area contributed by atoms with E-state index in [0.717, 1.165) is 12.3 Å². The number of hydrogen-bond donors (Lipinski definition) is 2. The molecule has 0 spiro atoms. The van der Waals surface area contributed by atoms with Gasteiger partial charge in [-0.3, -0.25) is 0 Å². The minimum Gasteiger partial charge on any atom is -0.492 e. The third-order valence-corrected chi connectivity index (χ3v) is 3.66. The van der Waals surface area contributed by atoms with Crippen molar-refractivity contribution in [2.45, 2.75) is 32.2 Å². The number of aryl methyl sites for hydroxylation is 1. The van der Waals surface area contributed by atoms with Crippen LogP contribution in [0.4, 0.5) is 0 Å². The molecule has 1 fully saturated rings. The SMILES string of the molecule is CCNC(CO)(COc1cccc(C)c1)C1CC1. The first-order valence-electron chi connectivity index (χ1n) is 6.75. The van der Waals surface area contributed by atoms with Crippen LogP contribution in [-0.2, 0) is 0 Å². The molecule has 0 radical (unpaired) electrons. The monoisotopic (exact) mass is 249 g/mol. The molecule has 1 aromatic rings. The molecule has 3 heteroatoms. The average Bonchev–Trinajstić information content (AvgIpc) is 3.19. The van der Waals surface area contributed by atoms with Crippen LogP contribution in [0.15, 0.2) is 24.3 Å². The maximum Gasteiger partial charge on any atom is 0.119 e. The maximum absolute atomic E-state index is 9.71. The van der Waals surface area contributed by atoms with Crippen molar-refractivity contribution < 1.29 is 9.84 Å². The van der Waals surface area contributed by atoms with Crippen molar-refractivity contribution in [3.05, 3.63) is 29.8 Å². The molecule has 1 saturated carbocycles. The third-order valence-electron chi connectivity index (χ3n) is 3.66. The summed E-state index contributed by atoms with van der Waals surface area (Å²) in [6.07, 6.45) is 2.37. The summed E-state index contributed by atoms with van der Waals surface area (Å²) in [5, 5.41) is 13.1. The van der Waals surface area contributed by atoms with Gasteiger partial charge in [-0.25, -0.2) is 0 Å². The molecule has 1 aromatic carbocycles. The number of hydrogen-bond acceptors (Lipinski definition) is 3.